The number of benzene rings is 1. The van der Waals surface area contributed by atoms with Gasteiger partial charge in [-0.2, -0.15) is 0 Å². The molecule has 2 heterocycles. The van der Waals surface area contributed by atoms with Crippen LogP contribution in [0.3, 0.4) is 0 Å². The van der Waals surface area contributed by atoms with Crippen molar-refractivity contribution in [3.05, 3.63) is 41.1 Å². The molecule has 3 rings (SSSR count). The summed E-state index contributed by atoms with van der Waals surface area (Å²) in [6.07, 6.45) is 3.99. The summed E-state index contributed by atoms with van der Waals surface area (Å²) in [6.45, 7) is 3.60. The topological polar surface area (TPSA) is 113 Å². The molecule has 0 bridgehead atoms. The number of nitrogens with zero attached hydrogens (tertiary/aromatic N) is 3. The van der Waals surface area contributed by atoms with Crippen LogP contribution < -0.4 is 16.5 Å². The Kier molecular flexibility index (Phi) is 5.20. The van der Waals surface area contributed by atoms with Crippen LogP contribution in [0.1, 0.15) is 24.5 Å². The van der Waals surface area contributed by atoms with Crippen LogP contribution in [0, 0.1) is 0 Å². The summed E-state index contributed by atoms with van der Waals surface area (Å²) in [7, 11) is 0. The largest absolute Gasteiger partial charge is 0.463 e. The molecular formula is C17H20N6O2. The molecule has 0 radical (unpaired) electrons. The first-order valence-electron chi connectivity index (χ1n) is 8.05. The van der Waals surface area contributed by atoms with E-state index in [1.165, 1.54) is 0 Å². The number of carbonyl (C=O) groups excluding carboxylic acids is 1. The lowest BCUT2D eigenvalue weighted by Crippen LogP contribution is -2.31. The van der Waals surface area contributed by atoms with Crippen molar-refractivity contribution >= 4 is 29.1 Å². The minimum Gasteiger partial charge on any atom is -0.463 e. The van der Waals surface area contributed by atoms with Gasteiger partial charge in [0.25, 0.3) is 0 Å². The zero-order valence-electron chi connectivity index (χ0n) is 14.0. The molecule has 0 aliphatic carbocycles. The molecule has 8 heteroatoms. The van der Waals surface area contributed by atoms with Gasteiger partial charge in [0.15, 0.2) is 5.84 Å². The van der Waals surface area contributed by atoms with E-state index in [2.05, 4.69) is 26.0 Å². The standard InChI is InChI=1S/C17H20N6O2/c1-2-25-17(24)13-5-12-4-3-11(14-8-19-10-20-9-14)6-15(12)21-16(7-13)22-23-18/h3-6,8,19-20H,2,7,9-10H2,1H3,(H2,18,21,22). The lowest BCUT2D eigenvalue weighted by atomic mass is 10.0. The molecule has 4 N–H and O–H groups in total. The molecule has 130 valence electrons. The summed E-state index contributed by atoms with van der Waals surface area (Å²) < 4.78 is 5.11. The second-order valence-electron chi connectivity index (χ2n) is 5.56. The second-order valence-corrected chi connectivity index (χ2v) is 5.56. The molecule has 0 saturated heterocycles. The SMILES string of the molecule is CCOC(=O)C1=Cc2ccc(C3=CNCNC3)cc2N=C(N=NN)C1. The van der Waals surface area contributed by atoms with Crippen LogP contribution in [-0.2, 0) is 9.53 Å². The molecule has 1 aromatic carbocycles. The number of rotatable bonds is 3. The molecule has 0 unspecified atom stereocenters. The van der Waals surface area contributed by atoms with Gasteiger partial charge in [-0.05, 0) is 30.2 Å². The number of fused-ring (bicyclic) bond motifs is 1. The average molecular weight is 340 g/mol. The third-order valence-corrected chi connectivity index (χ3v) is 3.86. The van der Waals surface area contributed by atoms with Crippen molar-refractivity contribution in [1.29, 1.82) is 0 Å². The van der Waals surface area contributed by atoms with Crippen LogP contribution in [0.15, 0.2) is 45.3 Å². The molecule has 1 aromatic rings. The zero-order valence-corrected chi connectivity index (χ0v) is 14.0. The van der Waals surface area contributed by atoms with E-state index in [-0.39, 0.29) is 12.4 Å². The highest BCUT2D eigenvalue weighted by Gasteiger charge is 2.19. The van der Waals surface area contributed by atoms with E-state index in [1.807, 2.05) is 24.4 Å². The molecule has 0 saturated carbocycles. The molecule has 8 nitrogen and oxygen atoms in total. The van der Waals surface area contributed by atoms with Gasteiger partial charge >= 0.3 is 5.97 Å². The van der Waals surface area contributed by atoms with Crippen LogP contribution in [0.4, 0.5) is 5.69 Å². The second kappa shape index (κ2) is 7.71. The number of carbonyl (C=O) groups is 1. The summed E-state index contributed by atoms with van der Waals surface area (Å²) in [5.74, 6) is 5.15. The van der Waals surface area contributed by atoms with Crippen molar-refractivity contribution in [1.82, 2.24) is 10.6 Å². The van der Waals surface area contributed by atoms with Crippen LogP contribution in [-0.4, -0.2) is 31.6 Å². The molecule has 0 spiro atoms. The predicted octanol–water partition coefficient (Wildman–Crippen LogP) is 1.88. The van der Waals surface area contributed by atoms with Crippen molar-refractivity contribution in [2.45, 2.75) is 13.3 Å². The summed E-state index contributed by atoms with van der Waals surface area (Å²) in [4.78, 5) is 16.7. The Balaban J connectivity index is 2.03. The number of esters is 1. The Labute approximate surface area is 145 Å². The van der Waals surface area contributed by atoms with E-state index < -0.39 is 0 Å². The van der Waals surface area contributed by atoms with E-state index in [0.717, 1.165) is 29.9 Å². The maximum atomic E-state index is 12.2. The Morgan fingerprint density at radius 2 is 2.32 bits per heavy atom. The van der Waals surface area contributed by atoms with Crippen molar-refractivity contribution in [3.63, 3.8) is 0 Å². The smallest absolute Gasteiger partial charge is 0.334 e. The van der Waals surface area contributed by atoms with Crippen LogP contribution in [0.25, 0.3) is 11.6 Å². The molecular weight excluding hydrogens is 320 g/mol. The van der Waals surface area contributed by atoms with Crippen molar-refractivity contribution in [2.75, 3.05) is 19.8 Å². The molecule has 0 fully saturated rings. The lowest BCUT2D eigenvalue weighted by Gasteiger charge is -2.16. The Morgan fingerprint density at radius 3 is 3.04 bits per heavy atom. The van der Waals surface area contributed by atoms with Crippen molar-refractivity contribution in [2.24, 2.45) is 21.2 Å². The monoisotopic (exact) mass is 340 g/mol. The molecule has 2 aliphatic rings. The summed E-state index contributed by atoms with van der Waals surface area (Å²) in [5.41, 5.74) is 4.18. The molecule has 25 heavy (non-hydrogen) atoms. The lowest BCUT2D eigenvalue weighted by molar-refractivity contribution is -0.138. The number of hydrogen-bond acceptors (Lipinski definition) is 7. The number of ether oxygens (including phenoxy) is 1. The van der Waals surface area contributed by atoms with Crippen LogP contribution in [0.2, 0.25) is 0 Å². The van der Waals surface area contributed by atoms with Gasteiger partial charge in [-0.1, -0.05) is 17.4 Å². The summed E-state index contributed by atoms with van der Waals surface area (Å²) >= 11 is 0. The Bertz CT molecular complexity index is 794. The third kappa shape index (κ3) is 3.92. The van der Waals surface area contributed by atoms with Gasteiger partial charge in [-0.25, -0.2) is 9.79 Å². The molecule has 0 amide bonds. The van der Waals surface area contributed by atoms with Crippen molar-refractivity contribution < 1.29 is 9.53 Å². The number of hydrogen-bond donors (Lipinski definition) is 3. The van der Waals surface area contributed by atoms with Crippen molar-refractivity contribution in [3.8, 4) is 0 Å². The zero-order chi connectivity index (χ0) is 17.6. The first-order valence-corrected chi connectivity index (χ1v) is 8.05. The van der Waals surface area contributed by atoms with Gasteiger partial charge in [0, 0.05) is 30.3 Å². The van der Waals surface area contributed by atoms with Gasteiger partial charge in [0.1, 0.15) is 0 Å². The normalized spacial score (nSPS) is 16.9. The first-order chi connectivity index (χ1) is 12.2. The highest BCUT2D eigenvalue weighted by Crippen LogP contribution is 2.31. The van der Waals surface area contributed by atoms with Gasteiger partial charge in [-0.15, -0.1) is 5.11 Å². The minimum absolute atomic E-state index is 0.218. The van der Waals surface area contributed by atoms with Gasteiger partial charge in [-0.3, -0.25) is 5.32 Å². The third-order valence-electron chi connectivity index (χ3n) is 3.86. The van der Waals surface area contributed by atoms with E-state index in [0.29, 0.717) is 23.7 Å². The highest BCUT2D eigenvalue weighted by molar-refractivity contribution is 6.03. The van der Waals surface area contributed by atoms with E-state index in [4.69, 9.17) is 10.6 Å². The Hall–Kier alpha value is -3.00. The summed E-state index contributed by atoms with van der Waals surface area (Å²) in [6, 6.07) is 5.90. The van der Waals surface area contributed by atoms with E-state index >= 15 is 0 Å². The first kappa shape index (κ1) is 16.8. The Morgan fingerprint density at radius 1 is 1.44 bits per heavy atom. The van der Waals surface area contributed by atoms with Crippen LogP contribution in [0.5, 0.6) is 0 Å². The maximum Gasteiger partial charge on any atom is 0.334 e. The maximum absolute atomic E-state index is 12.2. The number of nitrogens with one attached hydrogen (secondary N) is 2. The van der Waals surface area contributed by atoms with Crippen LogP contribution >= 0.6 is 0 Å². The van der Waals surface area contributed by atoms with Gasteiger partial charge in [0.2, 0.25) is 0 Å². The number of amidine groups is 1. The van der Waals surface area contributed by atoms with E-state index in [9.17, 15) is 4.79 Å². The minimum atomic E-state index is -0.386. The molecule has 2 aliphatic heterocycles. The quantitative estimate of drug-likeness (QED) is 0.336. The molecule has 0 atom stereocenters. The number of nitrogens with two attached hydrogens (primary N) is 1. The highest BCUT2D eigenvalue weighted by atomic mass is 16.5. The fourth-order valence-corrected chi connectivity index (χ4v) is 2.71. The summed E-state index contributed by atoms with van der Waals surface area (Å²) in [5, 5.41) is 13.6. The predicted molar refractivity (Wildman–Crippen MR) is 95.8 cm³/mol. The van der Waals surface area contributed by atoms with Gasteiger partial charge in [0.05, 0.1) is 19.0 Å². The molecule has 0 aromatic heterocycles. The fourth-order valence-electron chi connectivity index (χ4n) is 2.71. The average Bonchev–Trinajstić information content (AvgIpc) is 2.81. The number of aliphatic imine (C=N–C) groups is 1. The van der Waals surface area contributed by atoms with E-state index in [1.54, 1.807) is 13.0 Å². The van der Waals surface area contributed by atoms with Gasteiger partial charge < -0.3 is 15.9 Å². The fraction of sp³-hybridized carbons (Fsp3) is 0.294.